The molecule has 0 aliphatic rings. The molecule has 1 heterocycles. The van der Waals surface area contributed by atoms with Gasteiger partial charge in [0.2, 0.25) is 5.91 Å². The quantitative estimate of drug-likeness (QED) is 0.767. The number of aliphatic hydroxyl groups is 1. The number of aromatic nitrogens is 1. The van der Waals surface area contributed by atoms with Gasteiger partial charge in [-0.3, -0.25) is 4.79 Å². The van der Waals surface area contributed by atoms with Crippen molar-refractivity contribution in [2.75, 3.05) is 13.2 Å². The second-order valence-electron chi connectivity index (χ2n) is 5.37. The van der Waals surface area contributed by atoms with E-state index in [-0.39, 0.29) is 18.9 Å². The van der Waals surface area contributed by atoms with Gasteiger partial charge < -0.3 is 14.9 Å². The number of aryl methyl sites for hydroxylation is 2. The summed E-state index contributed by atoms with van der Waals surface area (Å²) in [5.41, 5.74) is 3.72. The summed E-state index contributed by atoms with van der Waals surface area (Å²) in [4.78, 5) is 11.9. The van der Waals surface area contributed by atoms with Gasteiger partial charge in [0.15, 0.2) is 5.58 Å². The van der Waals surface area contributed by atoms with Crippen LogP contribution < -0.4 is 5.32 Å². The topological polar surface area (TPSA) is 75.4 Å². The fraction of sp³-hybridized carbons (Fsp3) is 0.500. The molecule has 1 amide bonds. The third-order valence-corrected chi connectivity index (χ3v) is 3.65. The molecule has 5 heteroatoms. The van der Waals surface area contributed by atoms with Gasteiger partial charge in [0, 0.05) is 18.5 Å². The number of hydrogen-bond acceptors (Lipinski definition) is 4. The predicted octanol–water partition coefficient (Wildman–Crippen LogP) is 2.27. The predicted molar refractivity (Wildman–Crippen MR) is 81.1 cm³/mol. The fourth-order valence-corrected chi connectivity index (χ4v) is 2.23. The third kappa shape index (κ3) is 4.04. The standard InChI is InChI=1S/C16H22N2O3/c1-11-8-13-14(18-21-15(13)9-12(11)2)10-16(20)17-6-4-3-5-7-19/h8-9,19H,3-7,10H2,1-2H3,(H,17,20). The zero-order chi connectivity index (χ0) is 15.2. The van der Waals surface area contributed by atoms with Gasteiger partial charge in [-0.15, -0.1) is 0 Å². The van der Waals surface area contributed by atoms with E-state index in [4.69, 9.17) is 9.63 Å². The highest BCUT2D eigenvalue weighted by molar-refractivity contribution is 5.87. The molecule has 0 atom stereocenters. The Labute approximate surface area is 124 Å². The lowest BCUT2D eigenvalue weighted by Crippen LogP contribution is -2.26. The van der Waals surface area contributed by atoms with Gasteiger partial charge >= 0.3 is 0 Å². The molecule has 0 spiro atoms. The Hall–Kier alpha value is -1.88. The molecule has 0 unspecified atom stereocenters. The molecule has 0 saturated carbocycles. The summed E-state index contributed by atoms with van der Waals surface area (Å²) in [6.45, 7) is 4.90. The zero-order valence-corrected chi connectivity index (χ0v) is 12.6. The van der Waals surface area contributed by atoms with Gasteiger partial charge in [-0.2, -0.15) is 0 Å². The fourth-order valence-electron chi connectivity index (χ4n) is 2.23. The van der Waals surface area contributed by atoms with Gasteiger partial charge in [-0.1, -0.05) is 5.16 Å². The second kappa shape index (κ2) is 7.22. The number of unbranched alkanes of at least 4 members (excludes halogenated alkanes) is 2. The number of aliphatic hydroxyl groups excluding tert-OH is 1. The van der Waals surface area contributed by atoms with Crippen LogP contribution in [0.2, 0.25) is 0 Å². The maximum absolute atomic E-state index is 11.9. The molecular formula is C16H22N2O3. The van der Waals surface area contributed by atoms with Crippen molar-refractivity contribution in [3.8, 4) is 0 Å². The van der Waals surface area contributed by atoms with E-state index in [2.05, 4.69) is 10.5 Å². The van der Waals surface area contributed by atoms with Crippen molar-refractivity contribution >= 4 is 16.9 Å². The van der Waals surface area contributed by atoms with E-state index >= 15 is 0 Å². The van der Waals surface area contributed by atoms with Crippen LogP contribution in [-0.4, -0.2) is 29.3 Å². The summed E-state index contributed by atoms with van der Waals surface area (Å²) < 4.78 is 5.29. The molecule has 0 radical (unpaired) electrons. The second-order valence-corrected chi connectivity index (χ2v) is 5.37. The highest BCUT2D eigenvalue weighted by atomic mass is 16.5. The normalized spacial score (nSPS) is 11.0. The highest BCUT2D eigenvalue weighted by Crippen LogP contribution is 2.22. The average molecular weight is 290 g/mol. The minimum atomic E-state index is -0.0487. The lowest BCUT2D eigenvalue weighted by Gasteiger charge is -2.04. The summed E-state index contributed by atoms with van der Waals surface area (Å²) in [5, 5.41) is 16.5. The van der Waals surface area contributed by atoms with Crippen molar-refractivity contribution in [3.05, 3.63) is 29.0 Å². The maximum atomic E-state index is 11.9. The maximum Gasteiger partial charge on any atom is 0.226 e. The van der Waals surface area contributed by atoms with E-state index < -0.39 is 0 Å². The largest absolute Gasteiger partial charge is 0.396 e. The van der Waals surface area contributed by atoms with Crippen molar-refractivity contribution in [2.24, 2.45) is 0 Å². The summed E-state index contributed by atoms with van der Waals surface area (Å²) >= 11 is 0. The number of hydrogen-bond donors (Lipinski definition) is 2. The summed E-state index contributed by atoms with van der Waals surface area (Å²) in [6.07, 6.45) is 2.81. The van der Waals surface area contributed by atoms with Crippen molar-refractivity contribution in [2.45, 2.75) is 39.5 Å². The van der Waals surface area contributed by atoms with Gasteiger partial charge in [0.25, 0.3) is 0 Å². The summed E-state index contributed by atoms with van der Waals surface area (Å²) in [7, 11) is 0. The lowest BCUT2D eigenvalue weighted by atomic mass is 10.1. The molecular weight excluding hydrogens is 268 g/mol. The first-order chi connectivity index (χ1) is 10.1. The van der Waals surface area contributed by atoms with Crippen molar-refractivity contribution < 1.29 is 14.4 Å². The van der Waals surface area contributed by atoms with Crippen molar-refractivity contribution in [1.29, 1.82) is 0 Å². The Morgan fingerprint density at radius 1 is 1.24 bits per heavy atom. The molecule has 0 fully saturated rings. The number of rotatable bonds is 7. The molecule has 21 heavy (non-hydrogen) atoms. The number of nitrogens with one attached hydrogen (secondary N) is 1. The minimum Gasteiger partial charge on any atom is -0.396 e. The van der Waals surface area contributed by atoms with Crippen LogP contribution in [0.4, 0.5) is 0 Å². The van der Waals surface area contributed by atoms with Crippen LogP contribution in [-0.2, 0) is 11.2 Å². The van der Waals surface area contributed by atoms with E-state index in [1.54, 1.807) is 0 Å². The molecule has 114 valence electrons. The highest BCUT2D eigenvalue weighted by Gasteiger charge is 2.13. The lowest BCUT2D eigenvalue weighted by molar-refractivity contribution is -0.120. The smallest absolute Gasteiger partial charge is 0.226 e. The van der Waals surface area contributed by atoms with E-state index in [1.165, 1.54) is 0 Å². The molecule has 1 aromatic carbocycles. The first-order valence-corrected chi connectivity index (χ1v) is 7.35. The van der Waals surface area contributed by atoms with Crippen LogP contribution >= 0.6 is 0 Å². The molecule has 2 rings (SSSR count). The number of carbonyl (C=O) groups is 1. The average Bonchev–Trinajstić information content (AvgIpc) is 2.81. The van der Waals surface area contributed by atoms with Crippen LogP contribution in [0.5, 0.6) is 0 Å². The Bertz CT molecular complexity index is 619. The molecule has 5 nitrogen and oxygen atoms in total. The zero-order valence-electron chi connectivity index (χ0n) is 12.6. The van der Waals surface area contributed by atoms with Crippen LogP contribution in [0.1, 0.15) is 36.1 Å². The van der Waals surface area contributed by atoms with Crippen molar-refractivity contribution in [3.63, 3.8) is 0 Å². The van der Waals surface area contributed by atoms with E-state index in [0.29, 0.717) is 12.2 Å². The van der Waals surface area contributed by atoms with Gasteiger partial charge in [-0.25, -0.2) is 0 Å². The molecule has 2 aromatic rings. The molecule has 0 aliphatic carbocycles. The van der Waals surface area contributed by atoms with Crippen molar-refractivity contribution in [1.82, 2.24) is 10.5 Å². The molecule has 1 aromatic heterocycles. The van der Waals surface area contributed by atoms with Crippen LogP contribution in [0.3, 0.4) is 0 Å². The number of nitrogens with zero attached hydrogens (tertiary/aromatic N) is 1. The number of fused-ring (bicyclic) bond motifs is 1. The Morgan fingerprint density at radius 3 is 2.76 bits per heavy atom. The van der Waals surface area contributed by atoms with E-state index in [0.717, 1.165) is 41.4 Å². The van der Waals surface area contributed by atoms with Gasteiger partial charge in [0.1, 0.15) is 5.69 Å². The van der Waals surface area contributed by atoms with Crippen LogP contribution in [0.15, 0.2) is 16.7 Å². The third-order valence-electron chi connectivity index (χ3n) is 3.65. The SMILES string of the molecule is Cc1cc2onc(CC(=O)NCCCCCO)c2cc1C. The number of amides is 1. The van der Waals surface area contributed by atoms with Gasteiger partial charge in [-0.05, 0) is 56.4 Å². The first-order valence-electron chi connectivity index (χ1n) is 7.35. The first kappa shape index (κ1) is 15.5. The van der Waals surface area contributed by atoms with Gasteiger partial charge in [0.05, 0.1) is 6.42 Å². The van der Waals surface area contributed by atoms with Crippen LogP contribution in [0.25, 0.3) is 11.0 Å². The van der Waals surface area contributed by atoms with Crippen LogP contribution in [0, 0.1) is 13.8 Å². The summed E-state index contributed by atoms with van der Waals surface area (Å²) in [5.74, 6) is -0.0487. The Balaban J connectivity index is 1.93. The summed E-state index contributed by atoms with van der Waals surface area (Å²) in [6, 6.07) is 3.97. The monoisotopic (exact) mass is 290 g/mol. The number of carbonyl (C=O) groups excluding carboxylic acids is 1. The number of benzene rings is 1. The van der Waals surface area contributed by atoms with E-state index in [9.17, 15) is 4.79 Å². The Kier molecular flexibility index (Phi) is 5.33. The molecule has 0 bridgehead atoms. The molecule has 0 saturated heterocycles. The Morgan fingerprint density at radius 2 is 2.00 bits per heavy atom. The molecule has 0 aliphatic heterocycles. The molecule has 2 N–H and O–H groups in total. The van der Waals surface area contributed by atoms with E-state index in [1.807, 2.05) is 26.0 Å². The minimum absolute atomic E-state index is 0.0487.